The molecule has 1 amide bonds. The van der Waals surface area contributed by atoms with Gasteiger partial charge in [-0.15, -0.1) is 0 Å². The predicted octanol–water partition coefficient (Wildman–Crippen LogP) is 4.54. The van der Waals surface area contributed by atoms with Crippen LogP contribution in [0, 0.1) is 18.7 Å². The van der Waals surface area contributed by atoms with E-state index in [1.807, 2.05) is 6.92 Å². The largest absolute Gasteiger partial charge is 0.452 e. The van der Waals surface area contributed by atoms with Crippen molar-refractivity contribution in [2.75, 3.05) is 6.61 Å². The predicted molar refractivity (Wildman–Crippen MR) is 104 cm³/mol. The van der Waals surface area contributed by atoms with Gasteiger partial charge in [0.05, 0.1) is 10.6 Å². The molecule has 0 aliphatic heterocycles. The van der Waals surface area contributed by atoms with Crippen molar-refractivity contribution in [3.8, 4) is 11.3 Å². The summed E-state index contributed by atoms with van der Waals surface area (Å²) in [7, 11) is 0. The molecule has 2 aromatic rings. The molecule has 1 aromatic carbocycles. The normalized spacial score (nSPS) is 12.1. The van der Waals surface area contributed by atoms with Crippen LogP contribution in [-0.2, 0) is 9.53 Å². The summed E-state index contributed by atoms with van der Waals surface area (Å²) >= 11 is 6.05. The van der Waals surface area contributed by atoms with E-state index in [0.29, 0.717) is 5.92 Å². The summed E-state index contributed by atoms with van der Waals surface area (Å²) in [6, 6.07) is 4.09. The first kappa shape index (κ1) is 21.9. The first-order chi connectivity index (χ1) is 13.2. The highest BCUT2D eigenvalue weighted by Gasteiger charge is 2.27. The Morgan fingerprint density at radius 3 is 2.64 bits per heavy atom. The van der Waals surface area contributed by atoms with Gasteiger partial charge in [-0.3, -0.25) is 4.79 Å². The van der Waals surface area contributed by atoms with E-state index in [1.165, 1.54) is 25.1 Å². The molecule has 0 spiro atoms. The summed E-state index contributed by atoms with van der Waals surface area (Å²) in [6.45, 7) is 7.15. The summed E-state index contributed by atoms with van der Waals surface area (Å²) in [5, 5.41) is 6.61. The molecule has 1 N–H and O–H groups in total. The molecule has 1 heterocycles. The number of hydrogen-bond acceptors (Lipinski definition) is 5. The Balaban J connectivity index is 2.06. The first-order valence-electron chi connectivity index (χ1n) is 9.07. The van der Waals surface area contributed by atoms with Gasteiger partial charge < -0.3 is 14.6 Å². The number of carbonyl (C=O) groups is 2. The Hall–Kier alpha value is -2.41. The third-order valence-electron chi connectivity index (χ3n) is 4.19. The fourth-order valence-corrected chi connectivity index (χ4v) is 2.93. The van der Waals surface area contributed by atoms with Crippen LogP contribution in [0.25, 0.3) is 11.3 Å². The quantitative estimate of drug-likeness (QED) is 0.646. The van der Waals surface area contributed by atoms with Crippen LogP contribution in [0.3, 0.4) is 0 Å². The minimum absolute atomic E-state index is 0.0290. The Kier molecular flexibility index (Phi) is 7.57. The summed E-state index contributed by atoms with van der Waals surface area (Å²) in [4.78, 5) is 24.5. The van der Waals surface area contributed by atoms with Gasteiger partial charge in [0.1, 0.15) is 22.8 Å². The number of aromatic nitrogens is 1. The maximum absolute atomic E-state index is 14.2. The van der Waals surface area contributed by atoms with E-state index in [4.69, 9.17) is 20.9 Å². The number of amides is 1. The molecular formula is C20H24ClFN2O4. The Bertz CT molecular complexity index is 830. The molecule has 0 aliphatic rings. The Labute approximate surface area is 168 Å². The molecule has 28 heavy (non-hydrogen) atoms. The SMILES string of the molecule is Cc1onc(-c2c(F)cccc2Cl)c1C(=O)OCC(=O)N[C@H](C)CCC(C)C. The lowest BCUT2D eigenvalue weighted by Gasteiger charge is -2.15. The summed E-state index contributed by atoms with van der Waals surface area (Å²) < 4.78 is 24.3. The first-order valence-corrected chi connectivity index (χ1v) is 9.45. The number of aryl methyl sites for hydroxylation is 1. The molecule has 0 aliphatic carbocycles. The van der Waals surface area contributed by atoms with Crippen LogP contribution in [0.4, 0.5) is 4.39 Å². The second kappa shape index (κ2) is 9.68. The Morgan fingerprint density at radius 1 is 1.29 bits per heavy atom. The number of hydrogen-bond donors (Lipinski definition) is 1. The maximum Gasteiger partial charge on any atom is 0.344 e. The van der Waals surface area contributed by atoms with Gasteiger partial charge in [0.2, 0.25) is 0 Å². The van der Waals surface area contributed by atoms with Gasteiger partial charge in [-0.25, -0.2) is 9.18 Å². The second-order valence-corrected chi connectivity index (χ2v) is 7.48. The fraction of sp³-hybridized carbons (Fsp3) is 0.450. The minimum atomic E-state index is -0.835. The van der Waals surface area contributed by atoms with E-state index in [1.54, 1.807) is 0 Å². The average Bonchev–Trinajstić information content (AvgIpc) is 2.99. The zero-order chi connectivity index (χ0) is 20.8. The van der Waals surface area contributed by atoms with Gasteiger partial charge in [-0.2, -0.15) is 0 Å². The van der Waals surface area contributed by atoms with Crippen LogP contribution in [0.5, 0.6) is 0 Å². The van der Waals surface area contributed by atoms with Crippen LogP contribution in [-0.4, -0.2) is 29.7 Å². The monoisotopic (exact) mass is 410 g/mol. The van der Waals surface area contributed by atoms with Gasteiger partial charge in [-0.05, 0) is 44.7 Å². The molecule has 1 aromatic heterocycles. The highest BCUT2D eigenvalue weighted by molar-refractivity contribution is 6.33. The summed E-state index contributed by atoms with van der Waals surface area (Å²) in [5.74, 6) is -1.21. The summed E-state index contributed by atoms with van der Waals surface area (Å²) in [6.07, 6.45) is 1.81. The van der Waals surface area contributed by atoms with Crippen molar-refractivity contribution in [1.82, 2.24) is 10.5 Å². The van der Waals surface area contributed by atoms with Crippen molar-refractivity contribution in [1.29, 1.82) is 0 Å². The number of esters is 1. The third kappa shape index (κ3) is 5.55. The molecule has 152 valence electrons. The van der Waals surface area contributed by atoms with E-state index in [2.05, 4.69) is 24.3 Å². The van der Waals surface area contributed by atoms with Gasteiger partial charge in [0, 0.05) is 6.04 Å². The highest BCUT2D eigenvalue weighted by Crippen LogP contribution is 2.33. The molecule has 2 rings (SSSR count). The molecule has 0 bridgehead atoms. The maximum atomic E-state index is 14.2. The van der Waals surface area contributed by atoms with E-state index in [0.717, 1.165) is 12.8 Å². The second-order valence-electron chi connectivity index (χ2n) is 7.07. The number of halogens is 2. The molecule has 8 heteroatoms. The lowest BCUT2D eigenvalue weighted by molar-refractivity contribution is -0.124. The van der Waals surface area contributed by atoms with Crippen molar-refractivity contribution in [3.63, 3.8) is 0 Å². The van der Waals surface area contributed by atoms with Crippen molar-refractivity contribution in [3.05, 3.63) is 40.4 Å². The van der Waals surface area contributed by atoms with Crippen LogP contribution in [0.2, 0.25) is 5.02 Å². The van der Waals surface area contributed by atoms with Gasteiger partial charge in [-0.1, -0.05) is 36.7 Å². The van der Waals surface area contributed by atoms with Crippen LogP contribution >= 0.6 is 11.6 Å². The standard InChI is InChI=1S/C20H24ClFN2O4/c1-11(2)8-9-12(3)23-16(25)10-27-20(26)17-13(4)28-24-19(17)18-14(21)6-5-7-15(18)22/h5-7,11-12H,8-10H2,1-4H3,(H,23,25)/t12-/m1/s1. The number of benzene rings is 1. The smallest absolute Gasteiger partial charge is 0.344 e. The fourth-order valence-electron chi connectivity index (χ4n) is 2.68. The molecule has 0 unspecified atom stereocenters. The van der Waals surface area contributed by atoms with Crippen LogP contribution < -0.4 is 5.32 Å². The molecule has 0 saturated heterocycles. The average molecular weight is 411 g/mol. The third-order valence-corrected chi connectivity index (χ3v) is 4.50. The van der Waals surface area contributed by atoms with E-state index in [-0.39, 0.29) is 33.6 Å². The van der Waals surface area contributed by atoms with Gasteiger partial charge in [0.15, 0.2) is 6.61 Å². The molecule has 0 fully saturated rings. The van der Waals surface area contributed by atoms with E-state index < -0.39 is 24.3 Å². The number of nitrogens with zero attached hydrogens (tertiary/aromatic N) is 1. The number of ether oxygens (including phenoxy) is 1. The van der Waals surface area contributed by atoms with Gasteiger partial charge >= 0.3 is 5.97 Å². The topological polar surface area (TPSA) is 81.4 Å². The lowest BCUT2D eigenvalue weighted by atomic mass is 10.0. The molecule has 0 saturated carbocycles. The lowest BCUT2D eigenvalue weighted by Crippen LogP contribution is -2.36. The molecular weight excluding hydrogens is 387 g/mol. The zero-order valence-electron chi connectivity index (χ0n) is 16.3. The zero-order valence-corrected chi connectivity index (χ0v) is 17.1. The molecule has 6 nitrogen and oxygen atoms in total. The van der Waals surface area contributed by atoms with E-state index >= 15 is 0 Å². The highest BCUT2D eigenvalue weighted by atomic mass is 35.5. The minimum Gasteiger partial charge on any atom is -0.452 e. The number of carbonyl (C=O) groups excluding carboxylic acids is 2. The molecule has 1 atom stereocenters. The van der Waals surface area contributed by atoms with Crippen molar-refractivity contribution < 1.29 is 23.2 Å². The summed E-state index contributed by atoms with van der Waals surface area (Å²) in [5.41, 5.74) is -0.177. The van der Waals surface area contributed by atoms with Crippen LogP contribution in [0.1, 0.15) is 49.7 Å². The Morgan fingerprint density at radius 2 is 2.00 bits per heavy atom. The van der Waals surface area contributed by atoms with Crippen LogP contribution in [0.15, 0.2) is 22.7 Å². The van der Waals surface area contributed by atoms with E-state index in [9.17, 15) is 14.0 Å². The number of nitrogens with one attached hydrogen (secondary N) is 1. The van der Waals surface area contributed by atoms with Crippen molar-refractivity contribution >= 4 is 23.5 Å². The van der Waals surface area contributed by atoms with Crippen molar-refractivity contribution in [2.24, 2.45) is 5.92 Å². The number of rotatable bonds is 8. The van der Waals surface area contributed by atoms with Crippen molar-refractivity contribution in [2.45, 2.75) is 46.6 Å². The molecule has 0 radical (unpaired) electrons. The van der Waals surface area contributed by atoms with Gasteiger partial charge in [0.25, 0.3) is 5.91 Å².